The van der Waals surface area contributed by atoms with Crippen molar-refractivity contribution in [3.63, 3.8) is 0 Å². The fraction of sp³-hybridized carbons (Fsp3) is 0.533. The second kappa shape index (κ2) is 6.68. The molecule has 4 nitrogen and oxygen atoms in total. The number of carbonyl (C=O) groups is 1. The van der Waals surface area contributed by atoms with Crippen LogP contribution >= 0.6 is 0 Å². The first-order valence-electron chi connectivity index (χ1n) is 6.85. The number of ether oxygens (including phenoxy) is 1. The molecule has 104 valence electrons. The molecule has 19 heavy (non-hydrogen) atoms. The van der Waals surface area contributed by atoms with E-state index in [0.29, 0.717) is 24.1 Å². The van der Waals surface area contributed by atoms with Gasteiger partial charge in [-0.3, -0.25) is 0 Å². The molecule has 1 aliphatic rings. The van der Waals surface area contributed by atoms with E-state index >= 15 is 0 Å². The summed E-state index contributed by atoms with van der Waals surface area (Å²) >= 11 is 0. The summed E-state index contributed by atoms with van der Waals surface area (Å²) in [4.78, 5) is 10.9. The van der Waals surface area contributed by atoms with E-state index in [9.17, 15) is 4.79 Å². The molecule has 1 fully saturated rings. The number of carboxylic acids is 1. The summed E-state index contributed by atoms with van der Waals surface area (Å²) in [5, 5.41) is 12.3. The van der Waals surface area contributed by atoms with Crippen molar-refractivity contribution in [1.82, 2.24) is 5.32 Å². The van der Waals surface area contributed by atoms with Crippen LogP contribution in [0.25, 0.3) is 0 Å². The molecule has 0 saturated carbocycles. The van der Waals surface area contributed by atoms with Gasteiger partial charge in [0.25, 0.3) is 0 Å². The van der Waals surface area contributed by atoms with Crippen LogP contribution in [-0.2, 0) is 11.3 Å². The van der Waals surface area contributed by atoms with Crippen LogP contribution in [0.5, 0.6) is 0 Å². The van der Waals surface area contributed by atoms with Gasteiger partial charge in [-0.05, 0) is 36.5 Å². The number of benzene rings is 1. The second-order valence-electron chi connectivity index (χ2n) is 5.00. The van der Waals surface area contributed by atoms with Crippen LogP contribution in [0.15, 0.2) is 24.3 Å². The number of nitrogens with one attached hydrogen (secondary N) is 1. The Morgan fingerprint density at radius 1 is 1.53 bits per heavy atom. The third kappa shape index (κ3) is 3.78. The summed E-state index contributed by atoms with van der Waals surface area (Å²) in [5.74, 6) is -0.301. The van der Waals surface area contributed by atoms with Crippen LogP contribution in [0.1, 0.15) is 35.7 Å². The highest BCUT2D eigenvalue weighted by Gasteiger charge is 2.25. The summed E-state index contributed by atoms with van der Waals surface area (Å²) in [6.07, 6.45) is 2.54. The molecule has 2 unspecified atom stereocenters. The Labute approximate surface area is 113 Å². The van der Waals surface area contributed by atoms with Crippen LogP contribution in [0.4, 0.5) is 0 Å². The summed E-state index contributed by atoms with van der Waals surface area (Å²) in [5.41, 5.74) is 1.35. The first-order valence-corrected chi connectivity index (χ1v) is 6.85. The molecule has 1 saturated heterocycles. The van der Waals surface area contributed by atoms with Crippen molar-refractivity contribution in [1.29, 1.82) is 0 Å². The maximum absolute atomic E-state index is 10.9. The van der Waals surface area contributed by atoms with Gasteiger partial charge in [0.05, 0.1) is 11.7 Å². The normalized spacial score (nSPS) is 22.6. The van der Waals surface area contributed by atoms with E-state index in [0.717, 1.165) is 31.6 Å². The van der Waals surface area contributed by atoms with Gasteiger partial charge in [0.1, 0.15) is 0 Å². The predicted molar refractivity (Wildman–Crippen MR) is 73.2 cm³/mol. The van der Waals surface area contributed by atoms with Gasteiger partial charge in [-0.1, -0.05) is 19.1 Å². The Hall–Kier alpha value is -1.39. The molecule has 2 rings (SSSR count). The predicted octanol–water partition coefficient (Wildman–Crippen LogP) is 2.29. The van der Waals surface area contributed by atoms with Crippen molar-refractivity contribution in [2.45, 2.75) is 32.4 Å². The molecule has 0 bridgehead atoms. The Morgan fingerprint density at radius 2 is 2.37 bits per heavy atom. The lowest BCUT2D eigenvalue weighted by Crippen LogP contribution is -2.28. The molecule has 4 heteroatoms. The van der Waals surface area contributed by atoms with Gasteiger partial charge >= 0.3 is 5.97 Å². The first kappa shape index (κ1) is 14.0. The molecule has 2 atom stereocenters. The van der Waals surface area contributed by atoms with E-state index in [1.165, 1.54) is 0 Å². The van der Waals surface area contributed by atoms with Crippen LogP contribution in [0.2, 0.25) is 0 Å². The Balaban J connectivity index is 1.82. The van der Waals surface area contributed by atoms with Crippen molar-refractivity contribution >= 4 is 5.97 Å². The van der Waals surface area contributed by atoms with Gasteiger partial charge in [-0.15, -0.1) is 0 Å². The Kier molecular flexibility index (Phi) is 4.93. The summed E-state index contributed by atoms with van der Waals surface area (Å²) in [7, 11) is 0. The molecule has 0 radical (unpaired) electrons. The summed E-state index contributed by atoms with van der Waals surface area (Å²) < 4.78 is 5.65. The minimum absolute atomic E-state index is 0.343. The topological polar surface area (TPSA) is 58.6 Å². The van der Waals surface area contributed by atoms with Gasteiger partial charge in [0.15, 0.2) is 0 Å². The number of carboxylic acid groups (broad SMARTS) is 1. The lowest BCUT2D eigenvalue weighted by Gasteiger charge is -2.17. The van der Waals surface area contributed by atoms with Gasteiger partial charge in [-0.25, -0.2) is 4.79 Å². The van der Waals surface area contributed by atoms with Crippen molar-refractivity contribution in [2.24, 2.45) is 5.92 Å². The number of rotatable bonds is 6. The number of hydrogen-bond acceptors (Lipinski definition) is 3. The Morgan fingerprint density at radius 3 is 3.11 bits per heavy atom. The fourth-order valence-electron chi connectivity index (χ4n) is 2.59. The molecule has 0 spiro atoms. The fourth-order valence-corrected chi connectivity index (χ4v) is 2.59. The largest absolute Gasteiger partial charge is 0.478 e. The van der Waals surface area contributed by atoms with E-state index in [2.05, 4.69) is 12.2 Å². The maximum atomic E-state index is 10.9. The smallest absolute Gasteiger partial charge is 0.335 e. The first-order chi connectivity index (χ1) is 9.20. The summed E-state index contributed by atoms with van der Waals surface area (Å²) in [6, 6.07) is 7.07. The molecule has 2 N–H and O–H groups in total. The lowest BCUT2D eigenvalue weighted by molar-refractivity contribution is 0.0696. The van der Waals surface area contributed by atoms with Gasteiger partial charge in [0, 0.05) is 19.7 Å². The van der Waals surface area contributed by atoms with Gasteiger partial charge < -0.3 is 15.2 Å². The maximum Gasteiger partial charge on any atom is 0.335 e. The zero-order chi connectivity index (χ0) is 13.7. The van der Waals surface area contributed by atoms with E-state index < -0.39 is 5.97 Å². The van der Waals surface area contributed by atoms with Crippen LogP contribution < -0.4 is 5.32 Å². The van der Waals surface area contributed by atoms with E-state index in [4.69, 9.17) is 9.84 Å². The highest BCUT2D eigenvalue weighted by molar-refractivity contribution is 5.87. The zero-order valence-electron chi connectivity index (χ0n) is 11.3. The van der Waals surface area contributed by atoms with E-state index in [1.807, 2.05) is 6.07 Å². The molecular weight excluding hydrogens is 242 g/mol. The zero-order valence-corrected chi connectivity index (χ0v) is 11.3. The van der Waals surface area contributed by atoms with E-state index in [1.54, 1.807) is 18.2 Å². The van der Waals surface area contributed by atoms with Crippen molar-refractivity contribution in [3.8, 4) is 0 Å². The molecule has 1 aromatic carbocycles. The third-order valence-electron chi connectivity index (χ3n) is 3.66. The van der Waals surface area contributed by atoms with Crippen LogP contribution in [0.3, 0.4) is 0 Å². The molecule has 1 aliphatic heterocycles. The lowest BCUT2D eigenvalue weighted by atomic mass is 9.99. The highest BCUT2D eigenvalue weighted by atomic mass is 16.5. The summed E-state index contributed by atoms with van der Waals surface area (Å²) in [6.45, 7) is 4.64. The van der Waals surface area contributed by atoms with Gasteiger partial charge in [0.2, 0.25) is 0 Å². The standard InChI is InChI=1S/C15H21NO3/c1-2-14-13(6-7-19-14)10-16-9-11-4-3-5-12(8-11)15(17)18/h3-5,8,13-14,16H,2,6-7,9-10H2,1H3,(H,17,18). The molecule has 1 heterocycles. The van der Waals surface area contributed by atoms with Crippen molar-refractivity contribution in [3.05, 3.63) is 35.4 Å². The van der Waals surface area contributed by atoms with Crippen LogP contribution in [-0.4, -0.2) is 30.3 Å². The molecule has 1 aromatic rings. The molecule has 0 amide bonds. The van der Waals surface area contributed by atoms with Crippen molar-refractivity contribution < 1.29 is 14.6 Å². The minimum atomic E-state index is -0.878. The highest BCUT2D eigenvalue weighted by Crippen LogP contribution is 2.22. The Bertz CT molecular complexity index is 433. The number of aromatic carboxylic acids is 1. The third-order valence-corrected chi connectivity index (χ3v) is 3.66. The number of hydrogen-bond donors (Lipinski definition) is 2. The van der Waals surface area contributed by atoms with Gasteiger partial charge in [-0.2, -0.15) is 0 Å². The van der Waals surface area contributed by atoms with E-state index in [-0.39, 0.29) is 0 Å². The average molecular weight is 263 g/mol. The molecular formula is C15H21NO3. The monoisotopic (exact) mass is 263 g/mol. The SMILES string of the molecule is CCC1OCCC1CNCc1cccc(C(=O)O)c1. The second-order valence-corrected chi connectivity index (χ2v) is 5.00. The average Bonchev–Trinajstić information content (AvgIpc) is 2.86. The van der Waals surface area contributed by atoms with Crippen molar-refractivity contribution in [2.75, 3.05) is 13.2 Å². The molecule has 0 aliphatic carbocycles. The van der Waals surface area contributed by atoms with Crippen LogP contribution in [0, 0.1) is 5.92 Å². The quantitative estimate of drug-likeness (QED) is 0.826. The minimum Gasteiger partial charge on any atom is -0.478 e. The molecule has 0 aromatic heterocycles.